The fourth-order valence-electron chi connectivity index (χ4n) is 2.12. The standard InChI is InChI=1S/C16H15N3O3S/c1-21-12-5-8-14-15(9-12)19-18-10-16(14)22-11-3-6-13(7-4-11)23(2,17)20/h3-10,17H,1-2H3. The summed E-state index contributed by atoms with van der Waals surface area (Å²) in [5.74, 6) is 1.83. The van der Waals surface area contributed by atoms with Gasteiger partial charge in [0.25, 0.3) is 0 Å². The summed E-state index contributed by atoms with van der Waals surface area (Å²) in [7, 11) is -1.13. The Bertz CT molecular complexity index is 954. The van der Waals surface area contributed by atoms with Crippen LogP contribution in [-0.4, -0.2) is 27.8 Å². The van der Waals surface area contributed by atoms with E-state index in [1.165, 1.54) is 12.5 Å². The number of aromatic nitrogens is 2. The fraction of sp³-hybridized carbons (Fsp3) is 0.125. The summed E-state index contributed by atoms with van der Waals surface area (Å²) in [6.07, 6.45) is 2.92. The lowest BCUT2D eigenvalue weighted by Crippen LogP contribution is -1.95. The number of methoxy groups -OCH3 is 1. The summed E-state index contributed by atoms with van der Waals surface area (Å²) < 4.78 is 30.3. The molecular formula is C16H15N3O3S. The third-order valence-corrected chi connectivity index (χ3v) is 4.48. The van der Waals surface area contributed by atoms with Gasteiger partial charge < -0.3 is 9.47 Å². The van der Waals surface area contributed by atoms with Gasteiger partial charge in [-0.15, -0.1) is 0 Å². The Morgan fingerprint density at radius 1 is 1.09 bits per heavy atom. The van der Waals surface area contributed by atoms with E-state index in [2.05, 4.69) is 10.2 Å². The van der Waals surface area contributed by atoms with Crippen molar-refractivity contribution in [1.29, 1.82) is 4.78 Å². The molecule has 7 heteroatoms. The Balaban J connectivity index is 1.95. The molecule has 2 aromatic carbocycles. The molecule has 1 N–H and O–H groups in total. The topological polar surface area (TPSA) is 85.2 Å². The molecule has 0 aliphatic carbocycles. The molecule has 0 saturated heterocycles. The molecule has 3 aromatic rings. The number of rotatable bonds is 4. The van der Waals surface area contributed by atoms with E-state index >= 15 is 0 Å². The van der Waals surface area contributed by atoms with E-state index in [0.29, 0.717) is 27.7 Å². The molecule has 0 aliphatic heterocycles. The average molecular weight is 329 g/mol. The normalized spacial score (nSPS) is 13.5. The second-order valence-electron chi connectivity index (χ2n) is 5.01. The summed E-state index contributed by atoms with van der Waals surface area (Å²) in [5.41, 5.74) is 0.668. The van der Waals surface area contributed by atoms with E-state index in [0.717, 1.165) is 5.39 Å². The van der Waals surface area contributed by atoms with E-state index in [1.54, 1.807) is 37.4 Å². The Labute approximate surface area is 134 Å². The van der Waals surface area contributed by atoms with Gasteiger partial charge in [-0.25, -0.2) is 8.99 Å². The molecule has 0 aliphatic rings. The van der Waals surface area contributed by atoms with Crippen LogP contribution in [0.1, 0.15) is 0 Å². The minimum Gasteiger partial charge on any atom is -0.497 e. The number of benzene rings is 2. The van der Waals surface area contributed by atoms with Crippen LogP contribution >= 0.6 is 0 Å². The third kappa shape index (κ3) is 3.24. The van der Waals surface area contributed by atoms with Crippen LogP contribution in [0.2, 0.25) is 0 Å². The summed E-state index contributed by atoms with van der Waals surface area (Å²) in [6, 6.07) is 12.1. The highest BCUT2D eigenvalue weighted by Crippen LogP contribution is 2.30. The van der Waals surface area contributed by atoms with Crippen molar-refractivity contribution in [3.63, 3.8) is 0 Å². The maximum atomic E-state index is 11.7. The first-order valence-electron chi connectivity index (χ1n) is 6.78. The number of ether oxygens (including phenoxy) is 2. The zero-order valence-corrected chi connectivity index (χ0v) is 13.5. The molecule has 0 amide bonds. The van der Waals surface area contributed by atoms with Gasteiger partial charge in [-0.05, 0) is 36.4 Å². The maximum Gasteiger partial charge on any atom is 0.156 e. The van der Waals surface area contributed by atoms with Gasteiger partial charge in [-0.1, -0.05) is 0 Å². The molecular weight excluding hydrogens is 314 g/mol. The van der Waals surface area contributed by atoms with E-state index in [9.17, 15) is 4.21 Å². The van der Waals surface area contributed by atoms with Crippen LogP contribution in [0.25, 0.3) is 10.9 Å². The lowest BCUT2D eigenvalue weighted by Gasteiger charge is -2.09. The van der Waals surface area contributed by atoms with Crippen LogP contribution in [-0.2, 0) is 9.73 Å². The van der Waals surface area contributed by atoms with Gasteiger partial charge in [0.05, 0.1) is 23.0 Å². The predicted molar refractivity (Wildman–Crippen MR) is 87.7 cm³/mol. The smallest absolute Gasteiger partial charge is 0.156 e. The van der Waals surface area contributed by atoms with Crippen LogP contribution in [0.5, 0.6) is 17.2 Å². The van der Waals surface area contributed by atoms with Crippen molar-refractivity contribution in [2.24, 2.45) is 0 Å². The van der Waals surface area contributed by atoms with E-state index in [1.807, 2.05) is 12.1 Å². The second-order valence-corrected chi connectivity index (χ2v) is 7.17. The Hall–Kier alpha value is -2.67. The molecule has 1 heterocycles. The second kappa shape index (κ2) is 5.85. The molecule has 1 unspecified atom stereocenters. The number of hydrogen-bond donors (Lipinski definition) is 1. The van der Waals surface area contributed by atoms with Gasteiger partial charge in [0.2, 0.25) is 0 Å². The first kappa shape index (κ1) is 15.2. The zero-order chi connectivity index (χ0) is 16.4. The largest absolute Gasteiger partial charge is 0.497 e. The van der Waals surface area contributed by atoms with Gasteiger partial charge in [0.15, 0.2) is 5.75 Å². The van der Waals surface area contributed by atoms with Crippen molar-refractivity contribution >= 4 is 20.6 Å². The quantitative estimate of drug-likeness (QED) is 0.792. The van der Waals surface area contributed by atoms with Crippen LogP contribution in [0.4, 0.5) is 0 Å². The lowest BCUT2D eigenvalue weighted by atomic mass is 10.2. The molecule has 0 fully saturated rings. The van der Waals surface area contributed by atoms with Gasteiger partial charge in [-0.3, -0.25) is 0 Å². The highest BCUT2D eigenvalue weighted by molar-refractivity contribution is 7.91. The van der Waals surface area contributed by atoms with Crippen LogP contribution < -0.4 is 9.47 Å². The highest BCUT2D eigenvalue weighted by atomic mass is 32.2. The zero-order valence-electron chi connectivity index (χ0n) is 12.6. The molecule has 0 spiro atoms. The molecule has 118 valence electrons. The van der Waals surface area contributed by atoms with Gasteiger partial charge in [0.1, 0.15) is 17.0 Å². The Morgan fingerprint density at radius 2 is 1.78 bits per heavy atom. The van der Waals surface area contributed by atoms with Crippen molar-refractivity contribution in [2.45, 2.75) is 4.90 Å². The number of nitrogens with one attached hydrogen (secondary N) is 1. The number of nitrogens with zero attached hydrogens (tertiary/aromatic N) is 2. The predicted octanol–water partition coefficient (Wildman–Crippen LogP) is 3.47. The van der Waals surface area contributed by atoms with Crippen molar-refractivity contribution in [1.82, 2.24) is 10.2 Å². The van der Waals surface area contributed by atoms with E-state index in [-0.39, 0.29) is 0 Å². The van der Waals surface area contributed by atoms with Gasteiger partial charge >= 0.3 is 0 Å². The van der Waals surface area contributed by atoms with Crippen molar-refractivity contribution in [3.8, 4) is 17.2 Å². The first-order valence-corrected chi connectivity index (χ1v) is 8.75. The van der Waals surface area contributed by atoms with Gasteiger partial charge in [0, 0.05) is 22.6 Å². The molecule has 1 aromatic heterocycles. The van der Waals surface area contributed by atoms with Crippen LogP contribution in [0.15, 0.2) is 53.6 Å². The van der Waals surface area contributed by atoms with Crippen molar-refractivity contribution < 1.29 is 13.7 Å². The molecule has 0 bridgehead atoms. The molecule has 6 nitrogen and oxygen atoms in total. The molecule has 1 atom stereocenters. The summed E-state index contributed by atoms with van der Waals surface area (Å²) in [5, 5.41) is 8.81. The van der Waals surface area contributed by atoms with Gasteiger partial charge in [-0.2, -0.15) is 10.2 Å². The van der Waals surface area contributed by atoms with Crippen molar-refractivity contribution in [3.05, 3.63) is 48.7 Å². The first-order chi connectivity index (χ1) is 11.0. The molecule has 0 radical (unpaired) electrons. The minimum atomic E-state index is -2.73. The fourth-order valence-corrected chi connectivity index (χ4v) is 2.77. The van der Waals surface area contributed by atoms with Crippen LogP contribution in [0, 0.1) is 4.78 Å². The molecule has 3 rings (SSSR count). The minimum absolute atomic E-state index is 0.465. The van der Waals surface area contributed by atoms with E-state index < -0.39 is 9.73 Å². The molecule has 23 heavy (non-hydrogen) atoms. The number of fused-ring (bicyclic) bond motifs is 1. The summed E-state index contributed by atoms with van der Waals surface area (Å²) >= 11 is 0. The molecule has 0 saturated carbocycles. The Morgan fingerprint density at radius 3 is 2.43 bits per heavy atom. The SMILES string of the molecule is COc1ccc2c(Oc3ccc(S(C)(=N)=O)cc3)cnnc2c1. The summed E-state index contributed by atoms with van der Waals surface area (Å²) in [6.45, 7) is 0. The van der Waals surface area contributed by atoms with Crippen LogP contribution in [0.3, 0.4) is 0 Å². The third-order valence-electron chi connectivity index (χ3n) is 3.31. The Kier molecular flexibility index (Phi) is 3.87. The monoisotopic (exact) mass is 329 g/mol. The highest BCUT2D eigenvalue weighted by Gasteiger charge is 2.08. The number of hydrogen-bond acceptors (Lipinski definition) is 6. The maximum absolute atomic E-state index is 11.7. The van der Waals surface area contributed by atoms with E-state index in [4.69, 9.17) is 14.3 Å². The lowest BCUT2D eigenvalue weighted by molar-refractivity contribution is 0.415. The summed E-state index contributed by atoms with van der Waals surface area (Å²) in [4.78, 5) is 0.465. The van der Waals surface area contributed by atoms with Crippen molar-refractivity contribution in [2.75, 3.05) is 13.4 Å². The average Bonchev–Trinajstić information content (AvgIpc) is 2.54.